The van der Waals surface area contributed by atoms with E-state index in [2.05, 4.69) is 5.32 Å². The Bertz CT molecular complexity index is 1780. The van der Waals surface area contributed by atoms with Crippen LogP contribution in [0.5, 0.6) is 11.5 Å². The molecule has 0 atom stereocenters. The summed E-state index contributed by atoms with van der Waals surface area (Å²) in [5, 5.41) is 4.17. The Morgan fingerprint density at radius 2 is 1.65 bits per heavy atom. The Balaban J connectivity index is 1.59. The van der Waals surface area contributed by atoms with Crippen LogP contribution in [0.1, 0.15) is 53.3 Å². The number of nitrogens with one attached hydrogen (secondary N) is 1. The number of carbonyl (C=O) groups is 2. The van der Waals surface area contributed by atoms with E-state index in [4.69, 9.17) is 19.2 Å². The fraction of sp³-hybridized carbons (Fsp3) is 0.229. The van der Waals surface area contributed by atoms with Crippen LogP contribution in [0, 0.1) is 6.92 Å². The third-order valence-electron chi connectivity index (χ3n) is 6.73. The Labute approximate surface area is 255 Å². The van der Waals surface area contributed by atoms with Crippen molar-refractivity contribution in [1.29, 1.82) is 0 Å². The van der Waals surface area contributed by atoms with Crippen LogP contribution < -0.4 is 14.8 Å². The minimum atomic E-state index is -0.494. The molecule has 0 radical (unpaired) electrons. The molecule has 0 saturated carbocycles. The van der Waals surface area contributed by atoms with Crippen molar-refractivity contribution in [2.75, 3.05) is 18.5 Å². The van der Waals surface area contributed by atoms with Gasteiger partial charge in [0.1, 0.15) is 22.1 Å². The van der Waals surface area contributed by atoms with E-state index in [9.17, 15) is 9.59 Å². The highest BCUT2D eigenvalue weighted by molar-refractivity contribution is 7.17. The van der Waals surface area contributed by atoms with Gasteiger partial charge in [-0.15, -0.1) is 11.3 Å². The predicted molar refractivity (Wildman–Crippen MR) is 173 cm³/mol. The number of anilines is 1. The molecule has 2 aromatic heterocycles. The molecule has 0 saturated heterocycles. The van der Waals surface area contributed by atoms with Crippen LogP contribution in [0.3, 0.4) is 0 Å². The fourth-order valence-corrected chi connectivity index (χ4v) is 6.03. The van der Waals surface area contributed by atoms with E-state index in [1.54, 1.807) is 13.0 Å². The lowest BCUT2D eigenvalue weighted by Crippen LogP contribution is -2.15. The van der Waals surface area contributed by atoms with E-state index >= 15 is 0 Å². The molecule has 7 nitrogen and oxygen atoms in total. The van der Waals surface area contributed by atoms with Gasteiger partial charge in [0.2, 0.25) is 0 Å². The van der Waals surface area contributed by atoms with Gasteiger partial charge in [0, 0.05) is 21.4 Å². The van der Waals surface area contributed by atoms with Crippen molar-refractivity contribution in [2.45, 2.75) is 40.7 Å². The van der Waals surface area contributed by atoms with Crippen molar-refractivity contribution in [2.24, 2.45) is 0 Å². The van der Waals surface area contributed by atoms with Crippen LogP contribution in [0.2, 0.25) is 0 Å². The molecule has 5 aromatic rings. The summed E-state index contributed by atoms with van der Waals surface area (Å²) in [6, 6.07) is 24.5. The van der Waals surface area contributed by atoms with Gasteiger partial charge in [-0.2, -0.15) is 0 Å². The molecule has 2 heterocycles. The zero-order chi connectivity index (χ0) is 30.5. The average Bonchev–Trinajstić information content (AvgIpc) is 3.32. The molecular weight excluding hydrogens is 560 g/mol. The molecule has 0 fully saturated rings. The minimum absolute atomic E-state index is 0.0303. The summed E-state index contributed by atoms with van der Waals surface area (Å²) in [5.41, 5.74) is 4.39. The topological polar surface area (TPSA) is 86.8 Å². The number of nitrogens with zero attached hydrogens (tertiary/aromatic N) is 1. The van der Waals surface area contributed by atoms with E-state index in [-0.39, 0.29) is 18.6 Å². The molecule has 220 valence electrons. The number of esters is 1. The standard InChI is InChI=1S/C35H34N2O5S/c1-6-40-24-18-16-23(17-19-24)31-22(5)43-34(32(31)35(39)41-7-2)37-33(38)27-20-29(36-28-14-10-8-12-25(27)28)26-13-9-11-15-30(26)42-21(3)4/h8-21H,6-7H2,1-5H3,(H,37,38). The molecule has 0 aliphatic heterocycles. The predicted octanol–water partition coefficient (Wildman–Crippen LogP) is 8.55. The Morgan fingerprint density at radius 1 is 0.930 bits per heavy atom. The molecule has 0 aliphatic carbocycles. The molecule has 5 rings (SSSR count). The summed E-state index contributed by atoms with van der Waals surface area (Å²) < 4.78 is 17.1. The lowest BCUT2D eigenvalue weighted by atomic mass is 10.0. The van der Waals surface area contributed by atoms with Gasteiger partial charge in [0.05, 0.1) is 36.1 Å². The quantitative estimate of drug-likeness (QED) is 0.163. The number of benzene rings is 3. The second-order valence-corrected chi connectivity index (χ2v) is 11.3. The van der Waals surface area contributed by atoms with Crippen LogP contribution in [0.15, 0.2) is 78.9 Å². The van der Waals surface area contributed by atoms with Crippen LogP contribution in [0.25, 0.3) is 33.3 Å². The van der Waals surface area contributed by atoms with Crippen molar-refractivity contribution >= 4 is 39.1 Å². The highest BCUT2D eigenvalue weighted by atomic mass is 32.1. The number of hydrogen-bond donors (Lipinski definition) is 1. The Morgan fingerprint density at radius 3 is 2.37 bits per heavy atom. The van der Waals surface area contributed by atoms with Crippen LogP contribution in [-0.2, 0) is 4.74 Å². The largest absolute Gasteiger partial charge is 0.494 e. The van der Waals surface area contributed by atoms with E-state index < -0.39 is 5.97 Å². The SMILES string of the molecule is CCOC(=O)c1c(NC(=O)c2cc(-c3ccccc3OC(C)C)nc3ccccc23)sc(C)c1-c1ccc(OCC)cc1. The first-order chi connectivity index (χ1) is 20.8. The summed E-state index contributed by atoms with van der Waals surface area (Å²) in [5.74, 6) is 0.578. The van der Waals surface area contributed by atoms with E-state index in [1.807, 2.05) is 100 Å². The zero-order valence-corrected chi connectivity index (χ0v) is 25.7. The lowest BCUT2D eigenvalue weighted by Gasteiger charge is -2.15. The first-order valence-corrected chi connectivity index (χ1v) is 15.1. The number of amides is 1. The van der Waals surface area contributed by atoms with E-state index in [1.165, 1.54) is 11.3 Å². The van der Waals surface area contributed by atoms with Crippen LogP contribution >= 0.6 is 11.3 Å². The van der Waals surface area contributed by atoms with Gasteiger partial charge in [-0.25, -0.2) is 9.78 Å². The first kappa shape index (κ1) is 29.8. The number of para-hydroxylation sites is 2. The van der Waals surface area contributed by atoms with Crippen molar-refractivity contribution < 1.29 is 23.8 Å². The molecule has 0 unspecified atom stereocenters. The summed E-state index contributed by atoms with van der Waals surface area (Å²) >= 11 is 1.34. The summed E-state index contributed by atoms with van der Waals surface area (Å²) in [4.78, 5) is 33.1. The van der Waals surface area contributed by atoms with E-state index in [0.29, 0.717) is 45.1 Å². The number of aryl methyl sites for hydroxylation is 1. The number of rotatable bonds is 10. The third-order valence-corrected chi connectivity index (χ3v) is 7.75. The maximum Gasteiger partial charge on any atom is 0.341 e. The Kier molecular flexibility index (Phi) is 9.07. The second-order valence-electron chi connectivity index (χ2n) is 10.1. The molecule has 1 N–H and O–H groups in total. The van der Waals surface area contributed by atoms with Gasteiger partial charge in [0.25, 0.3) is 5.91 Å². The van der Waals surface area contributed by atoms with Gasteiger partial charge >= 0.3 is 5.97 Å². The van der Waals surface area contributed by atoms with Gasteiger partial charge in [0.15, 0.2) is 0 Å². The number of fused-ring (bicyclic) bond motifs is 1. The van der Waals surface area contributed by atoms with Crippen molar-refractivity contribution in [1.82, 2.24) is 4.98 Å². The second kappa shape index (κ2) is 13.1. The molecule has 8 heteroatoms. The molecule has 0 bridgehead atoms. The molecule has 1 amide bonds. The summed E-state index contributed by atoms with van der Waals surface area (Å²) in [6.07, 6.45) is -0.0303. The first-order valence-electron chi connectivity index (χ1n) is 14.3. The molecule has 43 heavy (non-hydrogen) atoms. The van der Waals surface area contributed by atoms with E-state index in [0.717, 1.165) is 27.3 Å². The van der Waals surface area contributed by atoms with Crippen LogP contribution in [-0.4, -0.2) is 36.2 Å². The lowest BCUT2D eigenvalue weighted by molar-refractivity contribution is 0.0529. The van der Waals surface area contributed by atoms with Crippen LogP contribution in [0.4, 0.5) is 5.00 Å². The number of ether oxygens (including phenoxy) is 3. The number of carbonyl (C=O) groups excluding carboxylic acids is 2. The van der Waals surface area contributed by atoms with Gasteiger partial charge in [-0.3, -0.25) is 4.79 Å². The monoisotopic (exact) mass is 594 g/mol. The normalized spacial score (nSPS) is 11.0. The number of thiophene rings is 1. The molecule has 0 aliphatic rings. The van der Waals surface area contributed by atoms with Crippen molar-refractivity contribution in [3.63, 3.8) is 0 Å². The third kappa shape index (κ3) is 6.39. The smallest absolute Gasteiger partial charge is 0.341 e. The Hall–Kier alpha value is -4.69. The molecule has 3 aromatic carbocycles. The summed E-state index contributed by atoms with van der Waals surface area (Å²) in [7, 11) is 0. The maximum atomic E-state index is 14.0. The maximum absolute atomic E-state index is 14.0. The fourth-order valence-electron chi connectivity index (χ4n) is 4.97. The number of aromatic nitrogens is 1. The molecule has 0 spiro atoms. The summed E-state index contributed by atoms with van der Waals surface area (Å²) in [6.45, 7) is 10.3. The van der Waals surface area contributed by atoms with Gasteiger partial charge in [-0.1, -0.05) is 42.5 Å². The highest BCUT2D eigenvalue weighted by Gasteiger charge is 2.27. The zero-order valence-electron chi connectivity index (χ0n) is 24.9. The number of hydrogen-bond acceptors (Lipinski definition) is 7. The molecular formula is C35H34N2O5S. The van der Waals surface area contributed by atoms with Gasteiger partial charge in [-0.05, 0) is 76.6 Å². The van der Waals surface area contributed by atoms with Gasteiger partial charge < -0.3 is 19.5 Å². The number of pyridine rings is 1. The van der Waals surface area contributed by atoms with Crippen molar-refractivity contribution in [3.05, 3.63) is 94.9 Å². The highest BCUT2D eigenvalue weighted by Crippen LogP contribution is 2.41. The van der Waals surface area contributed by atoms with Crippen molar-refractivity contribution in [3.8, 4) is 33.9 Å². The average molecular weight is 595 g/mol. The minimum Gasteiger partial charge on any atom is -0.494 e.